The zero-order chi connectivity index (χ0) is 23.6. The van der Waals surface area contributed by atoms with Crippen LogP contribution in [0.3, 0.4) is 0 Å². The van der Waals surface area contributed by atoms with Gasteiger partial charge in [-0.05, 0) is 44.7 Å². The molecule has 1 aromatic heterocycles. The number of hydrogen-bond donors (Lipinski definition) is 1. The Bertz CT molecular complexity index is 1020. The summed E-state index contributed by atoms with van der Waals surface area (Å²) in [6.45, 7) is 8.81. The van der Waals surface area contributed by atoms with Crippen molar-refractivity contribution in [3.05, 3.63) is 53.5 Å². The van der Waals surface area contributed by atoms with Crippen LogP contribution in [0.25, 0.3) is 0 Å². The van der Waals surface area contributed by atoms with Crippen molar-refractivity contribution < 1.29 is 9.59 Å². The Morgan fingerprint density at radius 3 is 2.33 bits per heavy atom. The summed E-state index contributed by atoms with van der Waals surface area (Å²) in [5.41, 5.74) is 0.913. The number of anilines is 1. The number of aromatic nitrogens is 2. The van der Waals surface area contributed by atoms with Crippen LogP contribution < -0.4 is 5.32 Å². The third-order valence-electron chi connectivity index (χ3n) is 7.33. The molecule has 33 heavy (non-hydrogen) atoms. The van der Waals surface area contributed by atoms with Crippen molar-refractivity contribution in [3.63, 3.8) is 0 Å². The van der Waals surface area contributed by atoms with Crippen molar-refractivity contribution in [2.75, 3.05) is 38.5 Å². The van der Waals surface area contributed by atoms with E-state index in [1.54, 1.807) is 0 Å². The number of carbonyl (C=O) groups is 2. The van der Waals surface area contributed by atoms with E-state index in [1.165, 1.54) is 0 Å². The van der Waals surface area contributed by atoms with Crippen LogP contribution in [-0.4, -0.2) is 64.8 Å². The van der Waals surface area contributed by atoms with Gasteiger partial charge in [0.25, 0.3) is 5.91 Å². The largest absolute Gasteiger partial charge is 0.373 e. The van der Waals surface area contributed by atoms with Gasteiger partial charge in [-0.15, -0.1) is 0 Å². The maximum Gasteiger partial charge on any atom is 0.253 e. The van der Waals surface area contributed by atoms with Crippen LogP contribution in [0, 0.1) is 12.3 Å². The third kappa shape index (κ3) is 4.72. The van der Waals surface area contributed by atoms with Crippen molar-refractivity contribution in [3.8, 4) is 0 Å². The van der Waals surface area contributed by atoms with Gasteiger partial charge in [-0.1, -0.05) is 32.0 Å². The van der Waals surface area contributed by atoms with Crippen LogP contribution in [0.2, 0.25) is 0 Å². The van der Waals surface area contributed by atoms with Gasteiger partial charge in [-0.2, -0.15) is 0 Å². The second-order valence-electron chi connectivity index (χ2n) is 10.1. The van der Waals surface area contributed by atoms with E-state index in [-0.39, 0.29) is 17.2 Å². The van der Waals surface area contributed by atoms with Crippen molar-refractivity contribution in [2.24, 2.45) is 5.41 Å². The van der Waals surface area contributed by atoms with Gasteiger partial charge in [0.2, 0.25) is 5.91 Å². The first kappa shape index (κ1) is 23.2. The number of nitrogens with zero attached hydrogens (tertiary/aromatic N) is 4. The van der Waals surface area contributed by atoms with E-state index in [2.05, 4.69) is 19.2 Å². The molecule has 0 saturated carbocycles. The maximum absolute atomic E-state index is 13.7. The molecule has 7 nitrogen and oxygen atoms in total. The van der Waals surface area contributed by atoms with E-state index in [0.717, 1.165) is 36.7 Å². The first-order chi connectivity index (χ1) is 15.7. The molecule has 1 N–H and O–H groups in total. The lowest BCUT2D eigenvalue weighted by atomic mass is 9.76. The van der Waals surface area contributed by atoms with Crippen molar-refractivity contribution in [1.29, 1.82) is 0 Å². The standard InChI is InChI=1S/C26H35N5O2/c1-19-17-21(27-4)29-23(28-19)26(3)11-8-14-31(18-26)24(33)25(2)12-15-30(16-13-25)22(32)20-9-6-5-7-10-20/h5-7,9-10,17H,8,11-16,18H2,1-4H3,(H,27,28,29)/t26-/m0/s1. The molecule has 2 aliphatic rings. The van der Waals surface area contributed by atoms with Gasteiger partial charge in [0.05, 0.1) is 0 Å². The van der Waals surface area contributed by atoms with E-state index in [0.29, 0.717) is 38.0 Å². The molecule has 2 amide bonds. The smallest absolute Gasteiger partial charge is 0.253 e. The summed E-state index contributed by atoms with van der Waals surface area (Å²) in [4.78, 5) is 39.9. The van der Waals surface area contributed by atoms with Crippen LogP contribution >= 0.6 is 0 Å². The van der Waals surface area contributed by atoms with E-state index in [9.17, 15) is 9.59 Å². The van der Waals surface area contributed by atoms with Crippen LogP contribution in [0.15, 0.2) is 36.4 Å². The molecule has 2 aliphatic heterocycles. The average molecular weight is 450 g/mol. The first-order valence-electron chi connectivity index (χ1n) is 11.9. The van der Waals surface area contributed by atoms with Gasteiger partial charge in [-0.25, -0.2) is 9.97 Å². The second-order valence-corrected chi connectivity index (χ2v) is 10.1. The summed E-state index contributed by atoms with van der Waals surface area (Å²) in [5, 5.41) is 3.12. The fraction of sp³-hybridized carbons (Fsp3) is 0.538. The van der Waals surface area contributed by atoms with E-state index in [1.807, 2.05) is 60.2 Å². The Labute approximate surface area is 196 Å². The third-order valence-corrected chi connectivity index (χ3v) is 7.33. The minimum absolute atomic E-state index is 0.0487. The number of piperidine rings is 2. The normalized spacial score (nSPS) is 22.7. The quantitative estimate of drug-likeness (QED) is 0.771. The topological polar surface area (TPSA) is 78.4 Å². The molecule has 7 heteroatoms. The molecular weight excluding hydrogens is 414 g/mol. The molecule has 2 aromatic rings. The number of likely N-dealkylation sites (tertiary alicyclic amines) is 2. The Morgan fingerprint density at radius 2 is 1.67 bits per heavy atom. The maximum atomic E-state index is 13.7. The van der Waals surface area contributed by atoms with E-state index >= 15 is 0 Å². The summed E-state index contributed by atoms with van der Waals surface area (Å²) in [6.07, 6.45) is 3.26. The lowest BCUT2D eigenvalue weighted by Gasteiger charge is -2.45. The van der Waals surface area contributed by atoms with E-state index in [4.69, 9.17) is 9.97 Å². The highest BCUT2D eigenvalue weighted by atomic mass is 16.2. The highest BCUT2D eigenvalue weighted by Gasteiger charge is 2.44. The van der Waals surface area contributed by atoms with Crippen molar-refractivity contribution in [2.45, 2.75) is 51.9 Å². The minimum Gasteiger partial charge on any atom is -0.373 e. The molecule has 2 saturated heterocycles. The zero-order valence-electron chi connectivity index (χ0n) is 20.2. The Hall–Kier alpha value is -2.96. The summed E-state index contributed by atoms with van der Waals surface area (Å²) in [6, 6.07) is 11.3. The molecule has 1 atom stereocenters. The molecule has 0 unspecified atom stereocenters. The number of carbonyl (C=O) groups excluding carboxylic acids is 2. The summed E-state index contributed by atoms with van der Waals surface area (Å²) >= 11 is 0. The molecule has 2 fully saturated rings. The number of benzene rings is 1. The fourth-order valence-corrected chi connectivity index (χ4v) is 5.12. The average Bonchev–Trinajstić information content (AvgIpc) is 2.83. The van der Waals surface area contributed by atoms with Crippen LogP contribution in [-0.2, 0) is 10.2 Å². The van der Waals surface area contributed by atoms with Crippen molar-refractivity contribution in [1.82, 2.24) is 19.8 Å². The minimum atomic E-state index is -0.449. The molecule has 3 heterocycles. The summed E-state index contributed by atoms with van der Waals surface area (Å²) in [7, 11) is 1.86. The molecule has 4 rings (SSSR count). The van der Waals surface area contributed by atoms with Crippen LogP contribution in [0.5, 0.6) is 0 Å². The van der Waals surface area contributed by atoms with Gasteiger partial charge in [-0.3, -0.25) is 9.59 Å². The lowest BCUT2D eigenvalue weighted by molar-refractivity contribution is -0.146. The predicted molar refractivity (Wildman–Crippen MR) is 129 cm³/mol. The van der Waals surface area contributed by atoms with Gasteiger partial charge in [0, 0.05) is 61.4 Å². The first-order valence-corrected chi connectivity index (χ1v) is 11.9. The Kier molecular flexibility index (Phi) is 6.41. The number of hydrogen-bond acceptors (Lipinski definition) is 5. The number of aryl methyl sites for hydroxylation is 1. The van der Waals surface area contributed by atoms with Crippen LogP contribution in [0.1, 0.15) is 61.4 Å². The summed E-state index contributed by atoms with van der Waals surface area (Å²) < 4.78 is 0. The fourth-order valence-electron chi connectivity index (χ4n) is 5.12. The van der Waals surface area contributed by atoms with E-state index < -0.39 is 5.41 Å². The monoisotopic (exact) mass is 449 g/mol. The molecule has 1 aromatic carbocycles. The predicted octanol–water partition coefficient (Wildman–Crippen LogP) is 3.65. The van der Waals surface area contributed by atoms with Gasteiger partial charge in [0.15, 0.2) is 0 Å². The van der Waals surface area contributed by atoms with Gasteiger partial charge in [0.1, 0.15) is 11.6 Å². The zero-order valence-corrected chi connectivity index (χ0v) is 20.2. The molecule has 0 spiro atoms. The van der Waals surface area contributed by atoms with Gasteiger partial charge >= 0.3 is 0 Å². The molecule has 0 bridgehead atoms. The molecule has 0 radical (unpaired) electrons. The number of nitrogens with one attached hydrogen (secondary N) is 1. The highest BCUT2D eigenvalue weighted by molar-refractivity contribution is 5.94. The number of amides is 2. The second kappa shape index (κ2) is 9.12. The molecule has 0 aliphatic carbocycles. The highest BCUT2D eigenvalue weighted by Crippen LogP contribution is 2.38. The summed E-state index contributed by atoms with van der Waals surface area (Å²) in [5.74, 6) is 1.86. The Morgan fingerprint density at radius 1 is 0.970 bits per heavy atom. The SMILES string of the molecule is CNc1cc(C)nc([C@@]2(C)CCCN(C(=O)C3(C)CCN(C(=O)c4ccccc4)CC3)C2)n1. The lowest BCUT2D eigenvalue weighted by Crippen LogP contribution is -2.54. The van der Waals surface area contributed by atoms with Gasteiger partial charge < -0.3 is 15.1 Å². The number of rotatable bonds is 4. The Balaban J connectivity index is 1.44. The van der Waals surface area contributed by atoms with Crippen molar-refractivity contribution >= 4 is 17.6 Å². The molecule has 176 valence electrons. The molecular formula is C26H35N5O2. The van der Waals surface area contributed by atoms with Crippen LogP contribution in [0.4, 0.5) is 5.82 Å².